The third-order valence-corrected chi connectivity index (χ3v) is 10.3. The zero-order valence-electron chi connectivity index (χ0n) is 26.5. The first kappa shape index (κ1) is 31.4. The lowest BCUT2D eigenvalue weighted by atomic mass is 9.53. The highest BCUT2D eigenvalue weighted by Gasteiger charge is 2.68. The molecule has 13 heteroatoms. The van der Waals surface area contributed by atoms with E-state index in [-0.39, 0.29) is 24.5 Å². The quantitative estimate of drug-likeness (QED) is 0.191. The fourth-order valence-corrected chi connectivity index (χ4v) is 8.09. The lowest BCUT2D eigenvalue weighted by Crippen LogP contribution is -2.53. The van der Waals surface area contributed by atoms with Crippen molar-refractivity contribution in [3.8, 4) is 17.2 Å². The van der Waals surface area contributed by atoms with Gasteiger partial charge in [-0.05, 0) is 83.8 Å². The number of carbonyl (C=O) groups is 2. The molecule has 0 spiro atoms. The zero-order valence-corrected chi connectivity index (χ0v) is 27.3. The third-order valence-electron chi connectivity index (χ3n) is 10.1. The summed E-state index contributed by atoms with van der Waals surface area (Å²) in [5, 5.41) is 12.0. The van der Waals surface area contributed by atoms with Gasteiger partial charge in [0.25, 0.3) is 11.8 Å². The van der Waals surface area contributed by atoms with Crippen molar-refractivity contribution in [3.63, 3.8) is 0 Å². The summed E-state index contributed by atoms with van der Waals surface area (Å²) in [6, 6.07) is 24.5. The maximum Gasteiger partial charge on any atom is 0.352 e. The molecule has 1 saturated heterocycles. The number of aromatic hydroxyl groups is 1. The van der Waals surface area contributed by atoms with Crippen LogP contribution in [0.1, 0.15) is 29.5 Å². The molecule has 4 unspecified atom stereocenters. The number of anilines is 1. The maximum absolute atomic E-state index is 15.2. The average molecular weight is 694 g/mol. The number of benzene rings is 4. The van der Waals surface area contributed by atoms with E-state index in [1.807, 2.05) is 6.08 Å². The van der Waals surface area contributed by atoms with Gasteiger partial charge in [-0.25, -0.2) is 27.9 Å². The Balaban J connectivity index is 1.39. The monoisotopic (exact) mass is 693 g/mol. The molecule has 2 aliphatic heterocycles. The summed E-state index contributed by atoms with van der Waals surface area (Å²) >= 11 is 6.33. The summed E-state index contributed by atoms with van der Waals surface area (Å²) < 4.78 is 23.1. The number of aromatic nitrogens is 3. The Morgan fingerprint density at radius 1 is 0.920 bits per heavy atom. The highest BCUT2D eigenvalue weighted by Crippen LogP contribution is 2.62. The lowest BCUT2D eigenvalue weighted by Gasteiger charge is -2.49. The van der Waals surface area contributed by atoms with Crippen molar-refractivity contribution in [1.29, 1.82) is 0 Å². The normalized spacial score (nSPS) is 22.4. The van der Waals surface area contributed by atoms with Crippen LogP contribution in [0.4, 0.5) is 10.1 Å². The Morgan fingerprint density at radius 3 is 2.34 bits per heavy atom. The van der Waals surface area contributed by atoms with Gasteiger partial charge in [-0.15, -0.1) is 0 Å². The Bertz CT molecular complexity index is 2330. The van der Waals surface area contributed by atoms with Gasteiger partial charge in [0.15, 0.2) is 11.5 Å². The molecule has 2 amide bonds. The number of imide groups is 1. The largest absolute Gasteiger partial charge is 0.504 e. The summed E-state index contributed by atoms with van der Waals surface area (Å²) in [5.74, 6) is -3.58. The minimum atomic E-state index is -1.59. The molecule has 2 N–H and O–H groups in total. The van der Waals surface area contributed by atoms with E-state index >= 15 is 4.79 Å². The molecular formula is C37H29ClFN5O6. The number of phenolic OH excluding ortho intramolecular Hbond substituents is 1. The highest BCUT2D eigenvalue weighted by molar-refractivity contribution is 6.30. The summed E-state index contributed by atoms with van der Waals surface area (Å²) in [6.07, 6.45) is 1.83. The number of allylic oxidation sites excluding steroid dienone is 2. The molecular weight excluding hydrogens is 665 g/mol. The number of phenols is 1. The molecule has 3 heterocycles. The van der Waals surface area contributed by atoms with Crippen LogP contribution in [0.2, 0.25) is 5.02 Å². The van der Waals surface area contributed by atoms with E-state index < -0.39 is 52.3 Å². The second kappa shape index (κ2) is 11.6. The average Bonchev–Trinajstić information content (AvgIpc) is 3.51. The minimum absolute atomic E-state index is 0.00943. The van der Waals surface area contributed by atoms with Crippen LogP contribution < -0.4 is 21.5 Å². The van der Waals surface area contributed by atoms with Gasteiger partial charge >= 0.3 is 11.4 Å². The van der Waals surface area contributed by atoms with E-state index in [1.165, 1.54) is 46.8 Å². The number of ether oxygens (including phenoxy) is 1. The molecule has 252 valence electrons. The van der Waals surface area contributed by atoms with Crippen LogP contribution in [0.3, 0.4) is 0 Å². The van der Waals surface area contributed by atoms with E-state index in [4.69, 9.17) is 16.3 Å². The van der Waals surface area contributed by atoms with Gasteiger partial charge < -0.3 is 9.84 Å². The molecule has 4 aromatic carbocycles. The van der Waals surface area contributed by atoms with Gasteiger partial charge in [-0.3, -0.25) is 15.0 Å². The topological polar surface area (TPSA) is 128 Å². The molecule has 1 aliphatic carbocycles. The van der Waals surface area contributed by atoms with Gasteiger partial charge in [0.05, 0.1) is 42.4 Å². The van der Waals surface area contributed by atoms with Crippen molar-refractivity contribution in [2.45, 2.75) is 30.3 Å². The Hall–Kier alpha value is -5.88. The molecule has 50 heavy (non-hydrogen) atoms. The van der Waals surface area contributed by atoms with E-state index in [9.17, 15) is 23.9 Å². The van der Waals surface area contributed by atoms with Crippen molar-refractivity contribution < 1.29 is 23.8 Å². The molecule has 5 aromatic rings. The first-order chi connectivity index (χ1) is 24.1. The van der Waals surface area contributed by atoms with Crippen molar-refractivity contribution in [1.82, 2.24) is 18.9 Å². The molecule has 1 saturated carbocycles. The molecule has 0 bridgehead atoms. The summed E-state index contributed by atoms with van der Waals surface area (Å²) in [6.45, 7) is 0.0203. The van der Waals surface area contributed by atoms with Crippen molar-refractivity contribution in [2.24, 2.45) is 5.92 Å². The van der Waals surface area contributed by atoms with Crippen LogP contribution >= 0.6 is 11.6 Å². The van der Waals surface area contributed by atoms with Crippen molar-refractivity contribution in [2.75, 3.05) is 12.5 Å². The van der Waals surface area contributed by atoms with E-state index in [2.05, 4.69) is 5.43 Å². The van der Waals surface area contributed by atoms with Gasteiger partial charge in [-0.1, -0.05) is 54.1 Å². The van der Waals surface area contributed by atoms with Crippen molar-refractivity contribution in [3.05, 3.63) is 152 Å². The molecule has 0 radical (unpaired) electrons. The van der Waals surface area contributed by atoms with Gasteiger partial charge in [0, 0.05) is 10.9 Å². The van der Waals surface area contributed by atoms with Gasteiger partial charge in [0.2, 0.25) is 0 Å². The van der Waals surface area contributed by atoms with Crippen LogP contribution in [-0.4, -0.2) is 43.0 Å². The number of nitrogens with one attached hydrogen (secondary N) is 1. The summed E-state index contributed by atoms with van der Waals surface area (Å²) in [5.41, 5.74) is 2.57. The van der Waals surface area contributed by atoms with Crippen LogP contribution in [0.5, 0.6) is 11.5 Å². The number of amides is 2. The lowest BCUT2D eigenvalue weighted by molar-refractivity contribution is -0.138. The number of methoxy groups -OCH3 is 1. The second-order valence-electron chi connectivity index (χ2n) is 12.5. The number of fused-ring (bicyclic) bond motifs is 4. The third kappa shape index (κ3) is 4.48. The standard InChI is InChI=1S/C37H29ClFN5O6/c1-50-31-19-21(7-16-30(31)45)32-27-17-18-41-35(48)42(26-5-3-2-4-6-26)36(49)44(41)29(27)20-28-33(46)43(40-25-14-12-24(39)13-15-25)34(47)37(28,32)22-8-10-23(38)11-9-22/h2-17,19,28-29,32,40,45H,18,20H2,1H3. The smallest absolute Gasteiger partial charge is 0.352 e. The van der Waals surface area contributed by atoms with E-state index in [0.29, 0.717) is 33.1 Å². The molecule has 2 fully saturated rings. The predicted molar refractivity (Wildman–Crippen MR) is 182 cm³/mol. The van der Waals surface area contributed by atoms with Crippen LogP contribution in [0, 0.1) is 11.7 Å². The van der Waals surface area contributed by atoms with Gasteiger partial charge in [0.1, 0.15) is 5.82 Å². The molecule has 4 atom stereocenters. The second-order valence-corrected chi connectivity index (χ2v) is 12.9. The number of nitrogens with zero attached hydrogens (tertiary/aromatic N) is 4. The Kier molecular flexibility index (Phi) is 7.30. The first-order valence-electron chi connectivity index (χ1n) is 15.9. The first-order valence-corrected chi connectivity index (χ1v) is 16.3. The number of carbonyl (C=O) groups excluding carboxylic acids is 2. The zero-order chi connectivity index (χ0) is 34.9. The number of halogens is 2. The maximum atomic E-state index is 15.2. The number of hydrogen-bond donors (Lipinski definition) is 2. The fraction of sp³-hybridized carbons (Fsp3) is 0.189. The Morgan fingerprint density at radius 2 is 1.64 bits per heavy atom. The van der Waals surface area contributed by atoms with Gasteiger partial charge in [-0.2, -0.15) is 5.01 Å². The van der Waals surface area contributed by atoms with E-state index in [0.717, 1.165) is 9.58 Å². The number of rotatable bonds is 6. The fourth-order valence-electron chi connectivity index (χ4n) is 7.96. The SMILES string of the molecule is COc1cc(C2C3=CCn4c(=O)n(-c5ccccc5)c(=O)n4C3CC3C(=O)N(Nc4ccc(F)cc4)C(=O)C32c2ccc(Cl)cc2)ccc1O. The van der Waals surface area contributed by atoms with Crippen LogP contribution in [0.25, 0.3) is 5.69 Å². The van der Waals surface area contributed by atoms with Crippen LogP contribution in [0.15, 0.2) is 118 Å². The highest BCUT2D eigenvalue weighted by atomic mass is 35.5. The molecule has 11 nitrogen and oxygen atoms in total. The number of hydrazine groups is 1. The molecule has 1 aromatic heterocycles. The molecule has 8 rings (SSSR count). The van der Waals surface area contributed by atoms with E-state index in [1.54, 1.807) is 66.7 Å². The molecule has 3 aliphatic rings. The predicted octanol–water partition coefficient (Wildman–Crippen LogP) is 4.93. The number of hydrogen-bond acceptors (Lipinski definition) is 7. The van der Waals surface area contributed by atoms with Crippen LogP contribution in [-0.2, 0) is 21.5 Å². The summed E-state index contributed by atoms with van der Waals surface area (Å²) in [7, 11) is 1.41. The Labute approximate surface area is 289 Å². The summed E-state index contributed by atoms with van der Waals surface area (Å²) in [4.78, 5) is 57.9. The van der Waals surface area contributed by atoms with Crippen molar-refractivity contribution >= 4 is 29.1 Å². The minimum Gasteiger partial charge on any atom is -0.504 e. The number of para-hydroxylation sites is 1.